The van der Waals surface area contributed by atoms with Gasteiger partial charge >= 0.3 is 0 Å². The molecular formula is C31H49N7O2. The number of piperazine rings is 1. The molecule has 1 aliphatic carbocycles. The third kappa shape index (κ3) is 10.0. The highest BCUT2D eigenvalue weighted by atomic mass is 16.5. The number of amides is 1. The van der Waals surface area contributed by atoms with E-state index in [2.05, 4.69) is 50.1 Å². The van der Waals surface area contributed by atoms with Gasteiger partial charge in [-0.05, 0) is 64.3 Å². The van der Waals surface area contributed by atoms with Crippen LogP contribution in [0.1, 0.15) is 69.2 Å². The van der Waals surface area contributed by atoms with E-state index in [0.29, 0.717) is 25.6 Å². The zero-order valence-corrected chi connectivity index (χ0v) is 24.8. The predicted molar refractivity (Wildman–Crippen MR) is 162 cm³/mol. The van der Waals surface area contributed by atoms with Crippen molar-refractivity contribution in [3.63, 3.8) is 0 Å². The standard InChI is InChI=1S/C31H49N7O2/c1-24(2)40-23-30(39)38-18-16-37(17-19-38)29-20-25(3)35-31(36-29)34-22-27-12-10-26(11-13-27)21-32-14-7-15-33-28-8-5-4-6-9-28/h10-13,20,24,28,32-33H,4-9,14-19,21-23H2,1-3H3,(H,34,35,36). The third-order valence-corrected chi connectivity index (χ3v) is 7.71. The number of hydrogen-bond acceptors (Lipinski definition) is 8. The SMILES string of the molecule is Cc1cc(N2CCN(C(=O)COC(C)C)CC2)nc(NCc2ccc(CNCCCNC3CCCCC3)cc2)n1. The number of benzene rings is 1. The molecule has 9 heteroatoms. The number of carbonyl (C=O) groups excluding carboxylic acids is 1. The summed E-state index contributed by atoms with van der Waals surface area (Å²) in [5.41, 5.74) is 3.42. The minimum Gasteiger partial charge on any atom is -0.369 e. The van der Waals surface area contributed by atoms with Crippen LogP contribution in [0.5, 0.6) is 0 Å². The average molecular weight is 552 g/mol. The van der Waals surface area contributed by atoms with Crippen LogP contribution in [0.25, 0.3) is 0 Å². The van der Waals surface area contributed by atoms with E-state index in [-0.39, 0.29) is 18.6 Å². The Kier molecular flexibility index (Phi) is 12.0. The van der Waals surface area contributed by atoms with Gasteiger partial charge in [-0.1, -0.05) is 43.5 Å². The molecule has 1 aromatic carbocycles. The maximum absolute atomic E-state index is 12.4. The lowest BCUT2D eigenvalue weighted by Gasteiger charge is -2.35. The minimum atomic E-state index is 0.0542. The van der Waals surface area contributed by atoms with Gasteiger partial charge in [0.1, 0.15) is 12.4 Å². The lowest BCUT2D eigenvalue weighted by atomic mass is 9.95. The Hall–Kier alpha value is -2.75. The van der Waals surface area contributed by atoms with E-state index in [0.717, 1.165) is 56.7 Å². The first-order valence-electron chi connectivity index (χ1n) is 15.2. The molecule has 2 fully saturated rings. The maximum Gasteiger partial charge on any atom is 0.248 e. The van der Waals surface area contributed by atoms with Crippen molar-refractivity contribution in [2.75, 3.05) is 56.1 Å². The fourth-order valence-corrected chi connectivity index (χ4v) is 5.32. The van der Waals surface area contributed by atoms with Gasteiger partial charge in [-0.2, -0.15) is 4.98 Å². The molecule has 0 spiro atoms. The normalized spacial score (nSPS) is 16.5. The summed E-state index contributed by atoms with van der Waals surface area (Å²) in [7, 11) is 0. The first-order chi connectivity index (χ1) is 19.5. The molecule has 3 N–H and O–H groups in total. The first kappa shape index (κ1) is 30.2. The quantitative estimate of drug-likeness (QED) is 0.305. The van der Waals surface area contributed by atoms with Crippen molar-refractivity contribution in [2.24, 2.45) is 0 Å². The molecule has 40 heavy (non-hydrogen) atoms. The minimum absolute atomic E-state index is 0.0542. The van der Waals surface area contributed by atoms with Gasteiger partial charge in [0.05, 0.1) is 6.10 Å². The zero-order chi connectivity index (χ0) is 28.2. The Balaban J connectivity index is 1.16. The van der Waals surface area contributed by atoms with Gasteiger partial charge in [0.15, 0.2) is 0 Å². The van der Waals surface area contributed by atoms with Gasteiger partial charge in [0.25, 0.3) is 0 Å². The molecule has 4 rings (SSSR count). The van der Waals surface area contributed by atoms with Gasteiger partial charge in [-0.25, -0.2) is 4.98 Å². The van der Waals surface area contributed by atoms with Crippen LogP contribution in [-0.2, 0) is 22.6 Å². The molecule has 0 atom stereocenters. The van der Waals surface area contributed by atoms with Crippen LogP contribution >= 0.6 is 0 Å². The molecule has 0 unspecified atom stereocenters. The summed E-state index contributed by atoms with van der Waals surface area (Å²) in [5.74, 6) is 1.58. The second kappa shape index (κ2) is 15.9. The van der Waals surface area contributed by atoms with Crippen molar-refractivity contribution < 1.29 is 9.53 Å². The van der Waals surface area contributed by atoms with Gasteiger partial charge in [0.2, 0.25) is 11.9 Å². The predicted octanol–water partition coefficient (Wildman–Crippen LogP) is 3.87. The lowest BCUT2D eigenvalue weighted by Crippen LogP contribution is -2.50. The summed E-state index contributed by atoms with van der Waals surface area (Å²) in [4.78, 5) is 25.8. The van der Waals surface area contributed by atoms with Crippen LogP contribution in [0.4, 0.5) is 11.8 Å². The molecule has 1 saturated heterocycles. The fourth-order valence-electron chi connectivity index (χ4n) is 5.32. The number of rotatable bonds is 14. The van der Waals surface area contributed by atoms with Crippen molar-refractivity contribution in [1.82, 2.24) is 25.5 Å². The first-order valence-corrected chi connectivity index (χ1v) is 15.2. The molecule has 2 heterocycles. The topological polar surface area (TPSA) is 94.7 Å². The number of nitrogens with one attached hydrogen (secondary N) is 3. The van der Waals surface area contributed by atoms with E-state index in [1.54, 1.807) is 0 Å². The molecule has 1 amide bonds. The van der Waals surface area contributed by atoms with Crippen molar-refractivity contribution in [3.8, 4) is 0 Å². The number of hydrogen-bond donors (Lipinski definition) is 3. The number of carbonyl (C=O) groups is 1. The van der Waals surface area contributed by atoms with Gasteiger partial charge < -0.3 is 30.5 Å². The molecular weight excluding hydrogens is 502 g/mol. The van der Waals surface area contributed by atoms with Crippen molar-refractivity contribution in [1.29, 1.82) is 0 Å². The summed E-state index contributed by atoms with van der Waals surface area (Å²) in [6.07, 6.45) is 8.10. The van der Waals surface area contributed by atoms with Gasteiger partial charge in [-0.3, -0.25) is 4.79 Å². The van der Waals surface area contributed by atoms with E-state index < -0.39 is 0 Å². The second-order valence-electron chi connectivity index (χ2n) is 11.4. The summed E-state index contributed by atoms with van der Waals surface area (Å²) in [6.45, 7) is 12.6. The van der Waals surface area contributed by atoms with E-state index in [1.807, 2.05) is 31.7 Å². The van der Waals surface area contributed by atoms with Gasteiger partial charge in [-0.15, -0.1) is 0 Å². The van der Waals surface area contributed by atoms with E-state index in [9.17, 15) is 4.79 Å². The largest absolute Gasteiger partial charge is 0.369 e. The van der Waals surface area contributed by atoms with Crippen molar-refractivity contribution in [3.05, 3.63) is 47.2 Å². The molecule has 2 aliphatic rings. The Morgan fingerprint density at radius 2 is 1.68 bits per heavy atom. The van der Waals surface area contributed by atoms with E-state index >= 15 is 0 Å². The number of ether oxygens (including phenoxy) is 1. The highest BCUT2D eigenvalue weighted by molar-refractivity contribution is 5.77. The molecule has 1 aromatic heterocycles. The van der Waals surface area contributed by atoms with Crippen LogP contribution in [0.3, 0.4) is 0 Å². The Morgan fingerprint density at radius 1 is 0.975 bits per heavy atom. The van der Waals surface area contributed by atoms with Crippen molar-refractivity contribution >= 4 is 17.7 Å². The Morgan fingerprint density at radius 3 is 2.38 bits per heavy atom. The summed E-state index contributed by atoms with van der Waals surface area (Å²) >= 11 is 0. The Labute approximate surface area is 240 Å². The summed E-state index contributed by atoms with van der Waals surface area (Å²) in [5, 5.41) is 10.7. The van der Waals surface area contributed by atoms with Crippen LogP contribution < -0.4 is 20.9 Å². The number of anilines is 2. The number of aromatic nitrogens is 2. The van der Waals surface area contributed by atoms with E-state index in [4.69, 9.17) is 9.72 Å². The zero-order valence-electron chi connectivity index (χ0n) is 24.8. The van der Waals surface area contributed by atoms with E-state index in [1.165, 1.54) is 43.2 Å². The molecule has 0 radical (unpaired) electrons. The number of nitrogens with zero attached hydrogens (tertiary/aromatic N) is 4. The molecule has 1 aliphatic heterocycles. The van der Waals surface area contributed by atoms with Crippen LogP contribution in [0.2, 0.25) is 0 Å². The van der Waals surface area contributed by atoms with Gasteiger partial charge in [0, 0.05) is 57.1 Å². The third-order valence-electron chi connectivity index (χ3n) is 7.71. The van der Waals surface area contributed by atoms with Crippen molar-refractivity contribution in [2.45, 2.75) is 84.5 Å². The van der Waals surface area contributed by atoms with Crippen LogP contribution in [0, 0.1) is 6.92 Å². The number of aryl methyl sites for hydroxylation is 1. The summed E-state index contributed by atoms with van der Waals surface area (Å²) < 4.78 is 5.48. The average Bonchev–Trinajstić information content (AvgIpc) is 2.97. The maximum atomic E-state index is 12.4. The second-order valence-corrected chi connectivity index (χ2v) is 11.4. The molecule has 0 bridgehead atoms. The fraction of sp³-hybridized carbons (Fsp3) is 0.645. The summed E-state index contributed by atoms with van der Waals surface area (Å²) in [6, 6.07) is 11.5. The van der Waals surface area contributed by atoms with Crippen LogP contribution in [-0.4, -0.2) is 78.8 Å². The monoisotopic (exact) mass is 551 g/mol. The smallest absolute Gasteiger partial charge is 0.248 e. The lowest BCUT2D eigenvalue weighted by molar-refractivity contribution is -0.137. The molecule has 2 aromatic rings. The molecule has 1 saturated carbocycles. The Bertz CT molecular complexity index is 1030. The molecule has 9 nitrogen and oxygen atoms in total. The highest BCUT2D eigenvalue weighted by Gasteiger charge is 2.22. The van der Waals surface area contributed by atoms with Crippen LogP contribution in [0.15, 0.2) is 30.3 Å². The molecule has 220 valence electrons. The highest BCUT2D eigenvalue weighted by Crippen LogP contribution is 2.19.